The monoisotopic (exact) mass is 379 g/mol. The van der Waals surface area contributed by atoms with E-state index in [0.717, 1.165) is 29.7 Å². The molecular weight excluding hydrogens is 365 g/mol. The summed E-state index contributed by atoms with van der Waals surface area (Å²) < 4.78 is 19.3. The van der Waals surface area contributed by atoms with Crippen LogP contribution in [0, 0.1) is 5.82 Å². The lowest BCUT2D eigenvalue weighted by Crippen LogP contribution is -2.44. The molecule has 1 aliphatic heterocycles. The predicted octanol–water partition coefficient (Wildman–Crippen LogP) is 3.06. The molecule has 0 spiro atoms. The molecule has 23 heavy (non-hydrogen) atoms. The van der Waals surface area contributed by atoms with Gasteiger partial charge in [-0.1, -0.05) is 12.1 Å². The van der Waals surface area contributed by atoms with Gasteiger partial charge in [0.15, 0.2) is 5.82 Å². The lowest BCUT2D eigenvalue weighted by Gasteiger charge is -2.32. The van der Waals surface area contributed by atoms with Gasteiger partial charge in [-0.25, -0.2) is 14.4 Å². The van der Waals surface area contributed by atoms with Gasteiger partial charge in [-0.15, -0.1) is 0 Å². The Morgan fingerprint density at radius 1 is 1.30 bits per heavy atom. The van der Waals surface area contributed by atoms with Crippen LogP contribution in [0.3, 0.4) is 0 Å². The normalized spacial score (nSPS) is 17.8. The lowest BCUT2D eigenvalue weighted by atomic mass is 10.1. The summed E-state index contributed by atoms with van der Waals surface area (Å²) in [4.78, 5) is 22.0. The van der Waals surface area contributed by atoms with Crippen LogP contribution in [0.15, 0.2) is 41.1 Å². The first-order valence-electron chi connectivity index (χ1n) is 7.31. The van der Waals surface area contributed by atoms with Crippen molar-refractivity contribution in [3.8, 4) is 6.01 Å². The van der Waals surface area contributed by atoms with Crippen molar-refractivity contribution in [1.82, 2.24) is 14.9 Å². The van der Waals surface area contributed by atoms with Crippen molar-refractivity contribution in [1.29, 1.82) is 0 Å². The van der Waals surface area contributed by atoms with Gasteiger partial charge in [0, 0.05) is 11.0 Å². The molecular formula is C16H15BrFN3O2. The molecule has 1 amide bonds. The van der Waals surface area contributed by atoms with Crippen LogP contribution >= 0.6 is 15.9 Å². The highest BCUT2D eigenvalue weighted by Gasteiger charge is 2.27. The average molecular weight is 380 g/mol. The van der Waals surface area contributed by atoms with Gasteiger partial charge in [-0.2, -0.15) is 0 Å². The first-order valence-corrected chi connectivity index (χ1v) is 8.11. The van der Waals surface area contributed by atoms with Crippen molar-refractivity contribution in [3.63, 3.8) is 0 Å². The third-order valence-corrected chi connectivity index (χ3v) is 4.33. The standard InChI is InChI=1S/C16H15BrFN3O2/c17-14-6-2-1-5-13(14)15(22)21-7-3-4-12(10-21)23-16-19-8-11(18)9-20-16/h1-2,5-6,8-9,12H,3-4,7,10H2. The molecule has 5 nitrogen and oxygen atoms in total. The first kappa shape index (κ1) is 15.9. The smallest absolute Gasteiger partial charge is 0.316 e. The number of halogens is 2. The quantitative estimate of drug-likeness (QED) is 0.822. The summed E-state index contributed by atoms with van der Waals surface area (Å²) in [7, 11) is 0. The highest BCUT2D eigenvalue weighted by Crippen LogP contribution is 2.21. The summed E-state index contributed by atoms with van der Waals surface area (Å²) in [5.74, 6) is -0.544. The van der Waals surface area contributed by atoms with E-state index in [4.69, 9.17) is 4.74 Å². The second kappa shape index (κ2) is 7.04. The van der Waals surface area contributed by atoms with E-state index < -0.39 is 5.82 Å². The number of carbonyl (C=O) groups is 1. The van der Waals surface area contributed by atoms with E-state index in [-0.39, 0.29) is 18.0 Å². The number of amides is 1. The Hall–Kier alpha value is -2.02. The minimum Gasteiger partial charge on any atom is -0.458 e. The van der Waals surface area contributed by atoms with Crippen LogP contribution in [0.25, 0.3) is 0 Å². The van der Waals surface area contributed by atoms with Crippen LogP contribution in [-0.4, -0.2) is 40.0 Å². The Bertz CT molecular complexity index is 696. The number of piperidine rings is 1. The second-order valence-electron chi connectivity index (χ2n) is 5.30. The molecule has 0 radical (unpaired) electrons. The maximum absolute atomic E-state index is 12.8. The van der Waals surface area contributed by atoms with Gasteiger partial charge in [0.1, 0.15) is 6.10 Å². The molecule has 1 unspecified atom stereocenters. The summed E-state index contributed by atoms with van der Waals surface area (Å²) in [6, 6.07) is 7.47. The van der Waals surface area contributed by atoms with Crippen LogP contribution in [0.1, 0.15) is 23.2 Å². The van der Waals surface area contributed by atoms with Gasteiger partial charge in [-0.05, 0) is 40.9 Å². The number of rotatable bonds is 3. The Labute approximate surface area is 141 Å². The van der Waals surface area contributed by atoms with Crippen LogP contribution in [0.2, 0.25) is 0 Å². The summed E-state index contributed by atoms with van der Waals surface area (Å²) in [5, 5.41) is 0. The third kappa shape index (κ3) is 3.85. The van der Waals surface area contributed by atoms with E-state index in [9.17, 15) is 9.18 Å². The molecule has 2 heterocycles. The van der Waals surface area contributed by atoms with E-state index in [0.29, 0.717) is 18.7 Å². The lowest BCUT2D eigenvalue weighted by molar-refractivity contribution is 0.0514. The summed E-state index contributed by atoms with van der Waals surface area (Å²) in [5.41, 5.74) is 0.631. The number of ether oxygens (including phenoxy) is 1. The van der Waals surface area contributed by atoms with Crippen LogP contribution in [0.4, 0.5) is 4.39 Å². The van der Waals surface area contributed by atoms with Gasteiger partial charge in [0.2, 0.25) is 0 Å². The SMILES string of the molecule is O=C(c1ccccc1Br)N1CCCC(Oc2ncc(F)cn2)C1. The summed E-state index contributed by atoms with van der Waals surface area (Å²) in [6.07, 6.45) is 3.58. The topological polar surface area (TPSA) is 55.3 Å². The molecule has 1 aliphatic rings. The van der Waals surface area contributed by atoms with Crippen LogP contribution in [0.5, 0.6) is 6.01 Å². The average Bonchev–Trinajstić information content (AvgIpc) is 2.57. The summed E-state index contributed by atoms with van der Waals surface area (Å²) >= 11 is 3.40. The van der Waals surface area contributed by atoms with E-state index in [1.54, 1.807) is 11.0 Å². The highest BCUT2D eigenvalue weighted by atomic mass is 79.9. The van der Waals surface area contributed by atoms with Gasteiger partial charge in [-0.3, -0.25) is 4.79 Å². The predicted molar refractivity (Wildman–Crippen MR) is 85.7 cm³/mol. The Kier molecular flexibility index (Phi) is 4.85. The maximum atomic E-state index is 12.8. The maximum Gasteiger partial charge on any atom is 0.316 e. The van der Waals surface area contributed by atoms with Crippen LogP contribution in [-0.2, 0) is 0 Å². The Morgan fingerprint density at radius 3 is 2.78 bits per heavy atom. The second-order valence-corrected chi connectivity index (χ2v) is 6.15. The van der Waals surface area contributed by atoms with Crippen molar-refractivity contribution in [2.45, 2.75) is 18.9 Å². The molecule has 1 fully saturated rings. The van der Waals surface area contributed by atoms with E-state index >= 15 is 0 Å². The van der Waals surface area contributed by atoms with Gasteiger partial charge in [0.05, 0.1) is 24.5 Å². The molecule has 7 heteroatoms. The van der Waals surface area contributed by atoms with Crippen molar-refractivity contribution in [2.24, 2.45) is 0 Å². The van der Waals surface area contributed by atoms with Crippen molar-refractivity contribution in [3.05, 3.63) is 52.5 Å². The molecule has 0 aliphatic carbocycles. The van der Waals surface area contributed by atoms with Crippen molar-refractivity contribution < 1.29 is 13.9 Å². The zero-order valence-corrected chi connectivity index (χ0v) is 13.9. The fourth-order valence-corrected chi connectivity index (χ4v) is 2.99. The Balaban J connectivity index is 1.67. The number of hydrogen-bond donors (Lipinski definition) is 0. The highest BCUT2D eigenvalue weighted by molar-refractivity contribution is 9.10. The van der Waals surface area contributed by atoms with Crippen LogP contribution < -0.4 is 4.74 Å². The number of carbonyl (C=O) groups excluding carboxylic acids is 1. The van der Waals surface area contributed by atoms with Gasteiger partial charge >= 0.3 is 6.01 Å². The molecule has 0 bridgehead atoms. The third-order valence-electron chi connectivity index (χ3n) is 3.64. The van der Waals surface area contributed by atoms with E-state index in [1.165, 1.54) is 0 Å². The van der Waals surface area contributed by atoms with E-state index in [1.807, 2.05) is 18.2 Å². The fraction of sp³-hybridized carbons (Fsp3) is 0.312. The first-order chi connectivity index (χ1) is 11.1. The van der Waals surface area contributed by atoms with Crippen molar-refractivity contribution in [2.75, 3.05) is 13.1 Å². The van der Waals surface area contributed by atoms with Crippen molar-refractivity contribution >= 4 is 21.8 Å². The fourth-order valence-electron chi connectivity index (χ4n) is 2.53. The summed E-state index contributed by atoms with van der Waals surface area (Å²) in [6.45, 7) is 1.14. The molecule has 1 aromatic heterocycles. The molecule has 0 N–H and O–H groups in total. The Morgan fingerprint density at radius 2 is 2.04 bits per heavy atom. The molecule has 1 saturated heterocycles. The molecule has 2 aromatic rings. The minimum atomic E-state index is -0.508. The molecule has 120 valence electrons. The molecule has 1 aromatic carbocycles. The van der Waals surface area contributed by atoms with E-state index in [2.05, 4.69) is 25.9 Å². The van der Waals surface area contributed by atoms with Gasteiger partial charge in [0.25, 0.3) is 5.91 Å². The molecule has 1 atom stereocenters. The minimum absolute atomic E-state index is 0.0363. The number of nitrogens with zero attached hydrogens (tertiary/aromatic N) is 3. The number of hydrogen-bond acceptors (Lipinski definition) is 4. The number of benzene rings is 1. The zero-order valence-electron chi connectivity index (χ0n) is 12.3. The van der Waals surface area contributed by atoms with Gasteiger partial charge < -0.3 is 9.64 Å². The zero-order chi connectivity index (χ0) is 16.2. The molecule has 0 saturated carbocycles. The largest absolute Gasteiger partial charge is 0.458 e. The number of aromatic nitrogens is 2. The number of likely N-dealkylation sites (tertiary alicyclic amines) is 1. The molecule has 3 rings (SSSR count).